The number of nitrogens with zero attached hydrogens (tertiary/aromatic N) is 3. The molecule has 1 aromatic carbocycles. The minimum absolute atomic E-state index is 0.312. The van der Waals surface area contributed by atoms with Crippen LogP contribution in [0.4, 0.5) is 0 Å². The van der Waals surface area contributed by atoms with Gasteiger partial charge in [0.1, 0.15) is 0 Å². The van der Waals surface area contributed by atoms with Gasteiger partial charge in [-0.2, -0.15) is 0 Å². The summed E-state index contributed by atoms with van der Waals surface area (Å²) in [7, 11) is 1.32. The molecule has 0 amide bonds. The molecule has 0 saturated carbocycles. The normalized spacial score (nSPS) is 16.7. The number of rotatable bonds is 8. The van der Waals surface area contributed by atoms with E-state index >= 15 is 0 Å². The van der Waals surface area contributed by atoms with Crippen molar-refractivity contribution in [3.63, 3.8) is 0 Å². The molecule has 1 saturated heterocycles. The van der Waals surface area contributed by atoms with Gasteiger partial charge in [0.15, 0.2) is 5.96 Å². The molecule has 0 bridgehead atoms. The highest BCUT2D eigenvalue weighted by Crippen LogP contribution is 2.27. The number of guanidine groups is 1. The van der Waals surface area contributed by atoms with Crippen LogP contribution in [0.2, 0.25) is 0 Å². The predicted octanol–water partition coefficient (Wildman–Crippen LogP) is 2.50. The van der Waals surface area contributed by atoms with Crippen LogP contribution in [0.15, 0.2) is 51.7 Å². The van der Waals surface area contributed by atoms with Crippen LogP contribution in [0, 0.1) is 0 Å². The van der Waals surface area contributed by atoms with Crippen LogP contribution in [0.5, 0.6) is 0 Å². The van der Waals surface area contributed by atoms with Crippen LogP contribution in [-0.2, 0) is 16.6 Å². The van der Waals surface area contributed by atoms with Crippen molar-refractivity contribution in [3.8, 4) is 0 Å². The maximum absolute atomic E-state index is 12.6. The summed E-state index contributed by atoms with van der Waals surface area (Å²) >= 11 is 1.78. The topological polar surface area (TPSA) is 77.0 Å². The van der Waals surface area contributed by atoms with Gasteiger partial charge in [-0.3, -0.25) is 9.89 Å². The fourth-order valence-corrected chi connectivity index (χ4v) is 5.61. The third kappa shape index (κ3) is 5.40. The van der Waals surface area contributed by atoms with Gasteiger partial charge in [-0.15, -0.1) is 11.3 Å². The second-order valence-corrected chi connectivity index (χ2v) is 10.6. The molecular formula is C21H31N5O2S2. The summed E-state index contributed by atoms with van der Waals surface area (Å²) in [5.41, 5.74) is 0.712. The van der Waals surface area contributed by atoms with Crippen LogP contribution in [0.25, 0.3) is 0 Å². The summed E-state index contributed by atoms with van der Waals surface area (Å²) in [4.78, 5) is 8.51. The molecule has 30 heavy (non-hydrogen) atoms. The summed E-state index contributed by atoms with van der Waals surface area (Å²) < 4.78 is 26.5. The van der Waals surface area contributed by atoms with Crippen molar-refractivity contribution in [1.82, 2.24) is 19.8 Å². The first-order valence-electron chi connectivity index (χ1n) is 10.2. The average Bonchev–Trinajstić information content (AvgIpc) is 3.45. The fraction of sp³-hybridized carbons (Fsp3) is 0.476. The largest absolute Gasteiger partial charge is 0.354 e. The Morgan fingerprint density at radius 1 is 1.17 bits per heavy atom. The van der Waals surface area contributed by atoms with E-state index in [2.05, 4.69) is 38.0 Å². The van der Waals surface area contributed by atoms with Crippen molar-refractivity contribution < 1.29 is 8.42 Å². The fourth-order valence-electron chi connectivity index (χ4n) is 3.63. The molecule has 9 heteroatoms. The Labute approximate surface area is 183 Å². The molecule has 1 fully saturated rings. The predicted molar refractivity (Wildman–Crippen MR) is 123 cm³/mol. The average molecular weight is 450 g/mol. The Bertz CT molecular complexity index is 936. The summed E-state index contributed by atoms with van der Waals surface area (Å²) in [6.45, 7) is 3.35. The molecule has 0 aliphatic carbocycles. The van der Waals surface area contributed by atoms with Gasteiger partial charge in [-0.1, -0.05) is 24.3 Å². The van der Waals surface area contributed by atoms with Gasteiger partial charge in [-0.05, 0) is 49.0 Å². The van der Waals surface area contributed by atoms with Gasteiger partial charge in [0.25, 0.3) is 0 Å². The quantitative estimate of drug-likeness (QED) is 0.478. The maximum atomic E-state index is 12.6. The summed E-state index contributed by atoms with van der Waals surface area (Å²) in [5.74, 6) is 0.660. The molecular weight excluding hydrogens is 418 g/mol. The van der Waals surface area contributed by atoms with Gasteiger partial charge < -0.3 is 10.6 Å². The zero-order chi connectivity index (χ0) is 21.6. The number of aliphatic imine (C=N–C) groups is 1. The van der Waals surface area contributed by atoms with Crippen molar-refractivity contribution >= 4 is 27.3 Å². The lowest BCUT2D eigenvalue weighted by Crippen LogP contribution is -2.42. The summed E-state index contributed by atoms with van der Waals surface area (Å²) in [5, 5.41) is 8.82. The molecule has 1 atom stereocenters. The molecule has 0 radical (unpaired) electrons. The number of sulfonamides is 1. The van der Waals surface area contributed by atoms with Crippen LogP contribution >= 0.6 is 11.3 Å². The third-order valence-electron chi connectivity index (χ3n) is 5.32. The zero-order valence-corrected chi connectivity index (χ0v) is 19.5. The highest BCUT2D eigenvalue weighted by atomic mass is 32.2. The molecule has 7 nitrogen and oxygen atoms in total. The molecule has 2 heterocycles. The molecule has 0 spiro atoms. The van der Waals surface area contributed by atoms with E-state index in [0.29, 0.717) is 29.0 Å². The molecule has 1 aromatic heterocycles. The van der Waals surface area contributed by atoms with Crippen molar-refractivity contribution in [1.29, 1.82) is 0 Å². The smallest absolute Gasteiger partial charge is 0.242 e. The lowest BCUT2D eigenvalue weighted by molar-refractivity contribution is 0.249. The molecule has 3 rings (SSSR count). The molecule has 1 unspecified atom stereocenters. The number of hydrogen-bond acceptors (Lipinski definition) is 5. The van der Waals surface area contributed by atoms with Crippen molar-refractivity contribution in [2.24, 2.45) is 4.99 Å². The van der Waals surface area contributed by atoms with E-state index in [-0.39, 0.29) is 0 Å². The second-order valence-electron chi connectivity index (χ2n) is 7.48. The Hall–Kier alpha value is -1.94. The summed E-state index contributed by atoms with van der Waals surface area (Å²) in [6, 6.07) is 11.7. The van der Waals surface area contributed by atoms with Crippen LogP contribution < -0.4 is 10.6 Å². The molecule has 2 N–H and O–H groups in total. The van der Waals surface area contributed by atoms with Gasteiger partial charge in [0, 0.05) is 39.1 Å². The van der Waals surface area contributed by atoms with Gasteiger partial charge in [0.2, 0.25) is 10.0 Å². The first kappa shape index (κ1) is 22.7. The first-order valence-corrected chi connectivity index (χ1v) is 12.5. The van der Waals surface area contributed by atoms with E-state index in [4.69, 9.17) is 0 Å². The van der Waals surface area contributed by atoms with E-state index in [1.54, 1.807) is 44.6 Å². The van der Waals surface area contributed by atoms with Crippen molar-refractivity contribution in [3.05, 3.63) is 52.2 Å². The number of likely N-dealkylation sites (tertiary alicyclic amines) is 1. The van der Waals surface area contributed by atoms with Gasteiger partial charge in [-0.25, -0.2) is 12.7 Å². The minimum Gasteiger partial charge on any atom is -0.354 e. The highest BCUT2D eigenvalue weighted by Gasteiger charge is 2.25. The van der Waals surface area contributed by atoms with Gasteiger partial charge >= 0.3 is 0 Å². The van der Waals surface area contributed by atoms with E-state index < -0.39 is 10.0 Å². The molecule has 164 valence electrons. The van der Waals surface area contributed by atoms with E-state index in [1.807, 2.05) is 12.1 Å². The van der Waals surface area contributed by atoms with Crippen LogP contribution in [0.3, 0.4) is 0 Å². The van der Waals surface area contributed by atoms with Crippen molar-refractivity contribution in [2.75, 3.05) is 40.8 Å². The Morgan fingerprint density at radius 2 is 1.90 bits per heavy atom. The monoisotopic (exact) mass is 449 g/mol. The van der Waals surface area contributed by atoms with Gasteiger partial charge in [0.05, 0.1) is 10.9 Å². The van der Waals surface area contributed by atoms with Crippen LogP contribution in [0.1, 0.15) is 29.3 Å². The zero-order valence-electron chi connectivity index (χ0n) is 17.8. The SMILES string of the molecule is CN=C(NCc1ccccc1S(=O)(=O)N(C)C)NCC(c1cccs1)N1CCCC1. The first-order chi connectivity index (χ1) is 14.4. The van der Waals surface area contributed by atoms with E-state index in [9.17, 15) is 8.42 Å². The highest BCUT2D eigenvalue weighted by molar-refractivity contribution is 7.89. The lowest BCUT2D eigenvalue weighted by Gasteiger charge is -2.27. The van der Waals surface area contributed by atoms with E-state index in [0.717, 1.165) is 19.6 Å². The standard InChI is InChI=1S/C21H31N5O2S2/c1-22-21(23-15-17-9-4-5-11-20(17)30(27,28)25(2)3)24-16-18(19-10-8-14-29-19)26-12-6-7-13-26/h4-5,8-11,14,18H,6-7,12-13,15-16H2,1-3H3,(H2,22,23,24). The Morgan fingerprint density at radius 3 is 2.53 bits per heavy atom. The van der Waals surface area contributed by atoms with Crippen LogP contribution in [-0.4, -0.2) is 64.4 Å². The second kappa shape index (κ2) is 10.4. The maximum Gasteiger partial charge on any atom is 0.242 e. The lowest BCUT2D eigenvalue weighted by atomic mass is 10.2. The molecule has 1 aliphatic heterocycles. The number of benzene rings is 1. The summed E-state index contributed by atoms with van der Waals surface area (Å²) in [6.07, 6.45) is 2.48. The minimum atomic E-state index is -3.50. The van der Waals surface area contributed by atoms with E-state index in [1.165, 1.54) is 22.0 Å². The molecule has 2 aromatic rings. The number of thiophene rings is 1. The third-order valence-corrected chi connectivity index (χ3v) is 8.21. The molecule has 1 aliphatic rings. The Kier molecular flexibility index (Phi) is 7.87. The van der Waals surface area contributed by atoms with Crippen molar-refractivity contribution in [2.45, 2.75) is 30.3 Å². The number of nitrogens with one attached hydrogen (secondary N) is 2. The number of hydrogen-bond donors (Lipinski definition) is 2. The Balaban J connectivity index is 1.66.